The van der Waals surface area contributed by atoms with Gasteiger partial charge in [0.1, 0.15) is 12.4 Å². The Labute approximate surface area is 258 Å². The third-order valence-corrected chi connectivity index (χ3v) is 13.4. The number of hydrogen-bond donors (Lipinski definition) is 0. The van der Waals surface area contributed by atoms with Gasteiger partial charge in [-0.15, -0.1) is 0 Å². The molecule has 0 spiro atoms. The van der Waals surface area contributed by atoms with Crippen LogP contribution in [0.25, 0.3) is 10.1 Å². The lowest BCUT2D eigenvalue weighted by molar-refractivity contribution is -0.205. The maximum Gasteiger partial charge on any atom is 0.351 e. The van der Waals surface area contributed by atoms with Crippen LogP contribution in [0.5, 0.6) is 5.75 Å². The first kappa shape index (κ1) is 29.3. The average molecular weight is 625 g/mol. The standard InChI is InChI=1S/C33H36O10S/c1-16-14-20(34)44-23-17(16)8-9-18-21(23)22(41-27(38)33-13-11-31(7,25(36)43-33)29(33,4)5)19(15-39-18)40-26(37)32-12-10-30(6,24(35)42-32)28(32,2)3/h8-9,14,19,22H,10-13,15H2,1-7H3/t19-,22-,30?,31?,32?,33?/m0/s1. The molecule has 6 atom stereocenters. The van der Waals surface area contributed by atoms with E-state index in [0.717, 1.165) is 22.3 Å². The lowest BCUT2D eigenvalue weighted by Gasteiger charge is -2.40. The van der Waals surface area contributed by atoms with Crippen LogP contribution in [0.4, 0.5) is 0 Å². The minimum atomic E-state index is -1.53. The predicted molar refractivity (Wildman–Crippen MR) is 157 cm³/mol. The minimum Gasteiger partial charge on any atom is -0.489 e. The van der Waals surface area contributed by atoms with Gasteiger partial charge in [-0.2, -0.15) is 0 Å². The van der Waals surface area contributed by atoms with Crippen LogP contribution in [0.2, 0.25) is 0 Å². The Morgan fingerprint density at radius 1 is 0.818 bits per heavy atom. The van der Waals surface area contributed by atoms with Gasteiger partial charge in [-0.3, -0.25) is 14.4 Å². The molecule has 7 rings (SSSR count). The molecule has 2 aromatic rings. The van der Waals surface area contributed by atoms with Gasteiger partial charge in [0, 0.05) is 15.5 Å². The van der Waals surface area contributed by atoms with Crippen LogP contribution >= 0.6 is 11.3 Å². The highest BCUT2D eigenvalue weighted by Gasteiger charge is 2.78. The van der Waals surface area contributed by atoms with Crippen molar-refractivity contribution in [2.75, 3.05) is 6.61 Å². The van der Waals surface area contributed by atoms with E-state index < -0.39 is 68.9 Å². The minimum absolute atomic E-state index is 0.154. The van der Waals surface area contributed by atoms with Crippen LogP contribution in [0, 0.1) is 28.6 Å². The van der Waals surface area contributed by atoms with Crippen molar-refractivity contribution < 1.29 is 42.9 Å². The summed E-state index contributed by atoms with van der Waals surface area (Å²) in [5.41, 5.74) is -5.34. The SMILES string of the molecule is Cc1cc(=O)sc2c3c(ccc12)OC[C@H](OC(=O)C12CCC(C)(C(=O)O1)C2(C)C)[C@@H]3OC(=O)C12CCC(C)(C(=O)O1)C2(C)C. The highest BCUT2D eigenvalue weighted by atomic mass is 32.1. The lowest BCUT2D eigenvalue weighted by Crippen LogP contribution is -2.53. The van der Waals surface area contributed by atoms with E-state index in [4.69, 9.17) is 23.7 Å². The van der Waals surface area contributed by atoms with E-state index in [1.165, 1.54) is 6.07 Å². The van der Waals surface area contributed by atoms with Gasteiger partial charge in [-0.1, -0.05) is 39.0 Å². The van der Waals surface area contributed by atoms with Crippen LogP contribution in [-0.2, 0) is 38.1 Å². The fourth-order valence-corrected chi connectivity index (χ4v) is 9.41. The van der Waals surface area contributed by atoms with Crippen LogP contribution in [-0.4, -0.2) is 47.8 Å². The second-order valence-electron chi connectivity index (χ2n) is 14.5. The Bertz CT molecular complexity index is 1760. The molecular formula is C33H36O10S. The molecule has 4 bridgehead atoms. The number of ether oxygens (including phenoxy) is 5. The number of aryl methyl sites for hydroxylation is 1. The zero-order valence-corrected chi connectivity index (χ0v) is 26.7. The monoisotopic (exact) mass is 624 g/mol. The number of carbonyl (C=O) groups is 4. The Hall–Kier alpha value is -3.47. The van der Waals surface area contributed by atoms with Gasteiger partial charge in [-0.05, 0) is 75.6 Å². The van der Waals surface area contributed by atoms with E-state index >= 15 is 0 Å². The molecule has 5 aliphatic rings. The fourth-order valence-electron chi connectivity index (χ4n) is 8.31. The van der Waals surface area contributed by atoms with Crippen molar-refractivity contribution in [1.82, 2.24) is 0 Å². The summed E-state index contributed by atoms with van der Waals surface area (Å²) in [7, 11) is 0. The number of fused-ring (bicyclic) bond motifs is 7. The third kappa shape index (κ3) is 3.19. The number of rotatable bonds is 4. The van der Waals surface area contributed by atoms with Gasteiger partial charge in [0.15, 0.2) is 12.2 Å². The Morgan fingerprint density at radius 2 is 1.36 bits per heavy atom. The van der Waals surface area contributed by atoms with Gasteiger partial charge in [-0.25, -0.2) is 9.59 Å². The Balaban J connectivity index is 1.32. The summed E-state index contributed by atoms with van der Waals surface area (Å²) in [4.78, 5) is 66.9. The molecule has 2 aliphatic carbocycles. The first-order valence-electron chi connectivity index (χ1n) is 15.1. The largest absolute Gasteiger partial charge is 0.489 e. The molecule has 10 nitrogen and oxygen atoms in total. The van der Waals surface area contributed by atoms with E-state index in [2.05, 4.69) is 0 Å². The van der Waals surface area contributed by atoms with E-state index in [1.807, 2.05) is 40.7 Å². The second kappa shape index (κ2) is 8.62. The summed E-state index contributed by atoms with van der Waals surface area (Å²) in [5.74, 6) is -1.99. The summed E-state index contributed by atoms with van der Waals surface area (Å²) in [6, 6.07) is 5.12. The van der Waals surface area contributed by atoms with E-state index in [0.29, 0.717) is 35.3 Å². The summed E-state index contributed by atoms with van der Waals surface area (Å²) < 4.78 is 30.4. The third-order valence-electron chi connectivity index (χ3n) is 12.5. The fraction of sp³-hybridized carbons (Fsp3) is 0.606. The summed E-state index contributed by atoms with van der Waals surface area (Å²) in [6.07, 6.45) is -0.830. The zero-order chi connectivity index (χ0) is 31.8. The maximum atomic E-state index is 14.3. The molecular weight excluding hydrogens is 588 g/mol. The number of benzene rings is 1. The molecule has 4 unspecified atom stereocenters. The normalized spacial score (nSPS) is 37.2. The number of esters is 4. The summed E-state index contributed by atoms with van der Waals surface area (Å²) in [5, 5.41) is 0.764. The maximum absolute atomic E-state index is 14.3. The van der Waals surface area contributed by atoms with Crippen molar-refractivity contribution in [2.45, 2.75) is 97.6 Å². The van der Waals surface area contributed by atoms with E-state index in [9.17, 15) is 24.0 Å². The first-order valence-corrected chi connectivity index (χ1v) is 15.9. The van der Waals surface area contributed by atoms with Gasteiger partial charge < -0.3 is 23.7 Å². The predicted octanol–water partition coefficient (Wildman–Crippen LogP) is 4.70. The van der Waals surface area contributed by atoms with Crippen molar-refractivity contribution in [3.05, 3.63) is 38.9 Å². The number of carbonyl (C=O) groups excluding carboxylic acids is 4. The van der Waals surface area contributed by atoms with Crippen LogP contribution in [0.1, 0.15) is 84.5 Å². The molecule has 11 heteroatoms. The molecule has 234 valence electrons. The Morgan fingerprint density at radius 3 is 1.86 bits per heavy atom. The van der Waals surface area contributed by atoms with Crippen molar-refractivity contribution >= 4 is 45.3 Å². The molecule has 2 saturated heterocycles. The molecule has 0 radical (unpaired) electrons. The number of hydrogen-bond acceptors (Lipinski definition) is 11. The molecule has 3 aliphatic heterocycles. The van der Waals surface area contributed by atoms with Gasteiger partial charge in [0.25, 0.3) is 0 Å². The van der Waals surface area contributed by atoms with Crippen LogP contribution in [0.15, 0.2) is 23.0 Å². The second-order valence-corrected chi connectivity index (χ2v) is 15.5. The smallest absolute Gasteiger partial charge is 0.351 e. The quantitative estimate of drug-likeness (QED) is 0.348. The van der Waals surface area contributed by atoms with Crippen molar-refractivity contribution in [3.8, 4) is 5.75 Å². The van der Waals surface area contributed by atoms with Gasteiger partial charge in [0.2, 0.25) is 15.9 Å². The lowest BCUT2D eigenvalue weighted by atomic mass is 9.66. The molecule has 1 aromatic heterocycles. The molecule has 0 amide bonds. The van der Waals surface area contributed by atoms with Crippen molar-refractivity contribution in [1.29, 1.82) is 0 Å². The van der Waals surface area contributed by atoms with Gasteiger partial charge in [0.05, 0.1) is 16.4 Å². The van der Waals surface area contributed by atoms with Crippen LogP contribution < -0.4 is 9.48 Å². The topological polar surface area (TPSA) is 132 Å². The average Bonchev–Trinajstić information content (AvgIpc) is 3.41. The van der Waals surface area contributed by atoms with Crippen LogP contribution in [0.3, 0.4) is 0 Å². The van der Waals surface area contributed by atoms with Crippen molar-refractivity contribution in [2.24, 2.45) is 21.7 Å². The summed E-state index contributed by atoms with van der Waals surface area (Å²) in [6.45, 7) is 12.6. The zero-order valence-electron chi connectivity index (χ0n) is 25.9. The van der Waals surface area contributed by atoms with E-state index in [1.54, 1.807) is 19.9 Å². The van der Waals surface area contributed by atoms with Crippen molar-refractivity contribution in [3.63, 3.8) is 0 Å². The molecule has 4 heterocycles. The molecule has 4 fully saturated rings. The molecule has 1 aromatic carbocycles. The highest BCUT2D eigenvalue weighted by molar-refractivity contribution is 7.16. The first-order chi connectivity index (χ1) is 20.5. The van der Waals surface area contributed by atoms with E-state index in [-0.39, 0.29) is 17.8 Å². The van der Waals surface area contributed by atoms with Gasteiger partial charge >= 0.3 is 23.9 Å². The summed E-state index contributed by atoms with van der Waals surface area (Å²) >= 11 is 0.980. The molecule has 2 saturated carbocycles. The molecule has 0 N–H and O–H groups in total. The highest BCUT2D eigenvalue weighted by Crippen LogP contribution is 2.67. The molecule has 44 heavy (non-hydrogen) atoms. The Kier molecular flexibility index (Phi) is 5.73.